The van der Waals surface area contributed by atoms with Crippen LogP contribution in [0.3, 0.4) is 0 Å². The predicted molar refractivity (Wildman–Crippen MR) is 207 cm³/mol. The largest absolute Gasteiger partial charge is 0.455 e. The molecule has 0 radical (unpaired) electrons. The number of nitrogens with zero attached hydrogens (tertiary/aromatic N) is 1. The maximum Gasteiger partial charge on any atom is 0.153 e. The number of benzene rings is 7. The molecule has 0 bridgehead atoms. The topological polar surface area (TPSA) is 16.4 Å². The predicted octanol–water partition coefficient (Wildman–Crippen LogP) is 14.2. The van der Waals surface area contributed by atoms with Crippen molar-refractivity contribution in [3.63, 3.8) is 0 Å². The van der Waals surface area contributed by atoms with Crippen molar-refractivity contribution in [3.8, 4) is 0 Å². The molecule has 4 heterocycles. The maximum absolute atomic E-state index is 6.62. The molecule has 0 N–H and O–H groups in total. The van der Waals surface area contributed by atoms with Crippen LogP contribution in [0.5, 0.6) is 0 Å². The van der Waals surface area contributed by atoms with E-state index in [2.05, 4.69) is 144 Å². The summed E-state index contributed by atoms with van der Waals surface area (Å²) in [4.78, 5) is 2.48. The van der Waals surface area contributed by atoms with Crippen LogP contribution in [0, 0.1) is 0 Å². The smallest absolute Gasteiger partial charge is 0.153 e. The summed E-state index contributed by atoms with van der Waals surface area (Å²) < 4.78 is 14.3. The molecule has 47 heavy (non-hydrogen) atoms. The van der Waals surface area contributed by atoms with Crippen molar-refractivity contribution >= 4 is 134 Å². The zero-order valence-electron chi connectivity index (χ0n) is 24.9. The molecule has 0 unspecified atom stereocenters. The molecule has 0 spiro atoms. The summed E-state index contributed by atoms with van der Waals surface area (Å²) in [6.07, 6.45) is 0. The van der Waals surface area contributed by atoms with Crippen molar-refractivity contribution < 1.29 is 4.42 Å². The number of anilines is 3. The van der Waals surface area contributed by atoms with Gasteiger partial charge in [0, 0.05) is 78.0 Å². The first-order valence-corrected chi connectivity index (χ1v) is 18.1. The monoisotopic (exact) mass is 653 g/mol. The summed E-state index contributed by atoms with van der Waals surface area (Å²) >= 11 is 5.55. The van der Waals surface area contributed by atoms with Crippen molar-refractivity contribution in [2.75, 3.05) is 4.90 Å². The first-order valence-electron chi connectivity index (χ1n) is 15.7. The zero-order valence-corrected chi connectivity index (χ0v) is 27.3. The van der Waals surface area contributed by atoms with Crippen molar-refractivity contribution in [1.29, 1.82) is 0 Å². The molecule has 7 aromatic carbocycles. The van der Waals surface area contributed by atoms with Crippen molar-refractivity contribution in [2.24, 2.45) is 0 Å². The number of thiophene rings is 3. The summed E-state index contributed by atoms with van der Waals surface area (Å²) in [6, 6.07) is 51.0. The van der Waals surface area contributed by atoms with Crippen LogP contribution >= 0.6 is 34.0 Å². The van der Waals surface area contributed by atoms with Gasteiger partial charge in [-0.15, -0.1) is 34.0 Å². The molecule has 0 aliphatic rings. The van der Waals surface area contributed by atoms with Crippen molar-refractivity contribution in [2.45, 2.75) is 0 Å². The van der Waals surface area contributed by atoms with E-state index in [1.165, 1.54) is 60.5 Å². The highest BCUT2D eigenvalue weighted by molar-refractivity contribution is 7.27. The Hall–Kier alpha value is -5.20. The Balaban J connectivity index is 1.28. The quantitative estimate of drug-likeness (QED) is 0.189. The fraction of sp³-hybridized carbons (Fsp3) is 0. The van der Waals surface area contributed by atoms with E-state index in [1.54, 1.807) is 0 Å². The fourth-order valence-electron chi connectivity index (χ4n) is 7.36. The molecule has 220 valence electrons. The Morgan fingerprint density at radius 2 is 0.915 bits per heavy atom. The van der Waals surface area contributed by atoms with Crippen LogP contribution in [0.2, 0.25) is 0 Å². The number of para-hydroxylation sites is 1. The molecular formula is C42H23NOS3. The van der Waals surface area contributed by atoms with Gasteiger partial charge in [0.05, 0.1) is 10.4 Å². The maximum atomic E-state index is 6.62. The lowest BCUT2D eigenvalue weighted by Crippen LogP contribution is -2.10. The first kappa shape index (κ1) is 25.9. The summed E-state index contributed by atoms with van der Waals surface area (Å²) in [5.74, 6) is 0. The van der Waals surface area contributed by atoms with Gasteiger partial charge in [0.2, 0.25) is 0 Å². The van der Waals surface area contributed by atoms with E-state index < -0.39 is 0 Å². The Morgan fingerprint density at radius 1 is 0.404 bits per heavy atom. The Morgan fingerprint density at radius 3 is 1.55 bits per heavy atom. The van der Waals surface area contributed by atoms with Crippen molar-refractivity contribution in [3.05, 3.63) is 140 Å². The minimum Gasteiger partial charge on any atom is -0.455 e. The minimum atomic E-state index is 0.920. The van der Waals surface area contributed by atoms with E-state index in [9.17, 15) is 0 Å². The summed E-state index contributed by atoms with van der Waals surface area (Å²) in [5, 5.41) is 10.00. The summed E-state index contributed by atoms with van der Waals surface area (Å²) in [6.45, 7) is 0. The second-order valence-corrected chi connectivity index (χ2v) is 15.3. The highest BCUT2D eigenvalue weighted by Crippen LogP contribution is 2.51. The second kappa shape index (κ2) is 9.66. The normalized spacial score (nSPS) is 12.3. The van der Waals surface area contributed by atoms with E-state index in [-0.39, 0.29) is 0 Å². The van der Waals surface area contributed by atoms with Gasteiger partial charge in [-0.1, -0.05) is 84.9 Å². The lowest BCUT2D eigenvalue weighted by molar-refractivity contribution is 0.673. The number of fused-ring (bicyclic) bond motifs is 13. The van der Waals surface area contributed by atoms with E-state index in [0.717, 1.165) is 39.0 Å². The third-order valence-electron chi connectivity index (χ3n) is 9.45. The van der Waals surface area contributed by atoms with Gasteiger partial charge < -0.3 is 9.32 Å². The Labute approximate surface area is 280 Å². The molecule has 0 aliphatic heterocycles. The van der Waals surface area contributed by atoms with Gasteiger partial charge in [0.25, 0.3) is 0 Å². The van der Waals surface area contributed by atoms with Gasteiger partial charge in [0.1, 0.15) is 5.58 Å². The van der Waals surface area contributed by atoms with Gasteiger partial charge in [-0.05, 0) is 54.6 Å². The highest BCUT2D eigenvalue weighted by atomic mass is 32.1. The number of furan rings is 1. The molecule has 0 saturated carbocycles. The highest BCUT2D eigenvalue weighted by Gasteiger charge is 2.24. The van der Waals surface area contributed by atoms with Crippen LogP contribution in [-0.2, 0) is 0 Å². The lowest BCUT2D eigenvalue weighted by Gasteiger charge is -2.27. The first-order chi connectivity index (χ1) is 23.3. The number of hydrogen-bond donors (Lipinski definition) is 0. The number of rotatable bonds is 3. The van der Waals surface area contributed by atoms with Gasteiger partial charge in [-0.2, -0.15) is 0 Å². The molecule has 11 rings (SSSR count). The molecule has 0 fully saturated rings. The van der Waals surface area contributed by atoms with Crippen LogP contribution in [0.25, 0.3) is 82.5 Å². The van der Waals surface area contributed by atoms with Gasteiger partial charge in [-0.3, -0.25) is 0 Å². The zero-order chi connectivity index (χ0) is 30.6. The van der Waals surface area contributed by atoms with Crippen LogP contribution in [0.4, 0.5) is 17.1 Å². The van der Waals surface area contributed by atoms with Crippen LogP contribution in [-0.4, -0.2) is 0 Å². The molecule has 11 aromatic rings. The van der Waals surface area contributed by atoms with Crippen LogP contribution in [0.1, 0.15) is 0 Å². The molecule has 5 heteroatoms. The number of hydrogen-bond acceptors (Lipinski definition) is 5. The lowest BCUT2D eigenvalue weighted by atomic mass is 10.0. The Kier molecular flexibility index (Phi) is 5.33. The summed E-state index contributed by atoms with van der Waals surface area (Å²) in [5.41, 5.74) is 5.34. The molecular weight excluding hydrogens is 631 g/mol. The summed E-state index contributed by atoms with van der Waals surface area (Å²) in [7, 11) is 0. The second-order valence-electron chi connectivity index (χ2n) is 12.1. The van der Waals surface area contributed by atoms with E-state index in [4.69, 9.17) is 4.42 Å². The van der Waals surface area contributed by atoms with Crippen LogP contribution < -0.4 is 4.90 Å². The average Bonchev–Trinajstić information content (AvgIpc) is 3.88. The van der Waals surface area contributed by atoms with E-state index in [1.807, 2.05) is 34.0 Å². The molecule has 0 atom stereocenters. The Bertz CT molecular complexity index is 2930. The molecule has 0 saturated heterocycles. The van der Waals surface area contributed by atoms with Crippen LogP contribution in [0.15, 0.2) is 144 Å². The molecule has 0 aliphatic carbocycles. The fourth-order valence-corrected chi connectivity index (χ4v) is 10.8. The van der Waals surface area contributed by atoms with Gasteiger partial charge >= 0.3 is 0 Å². The van der Waals surface area contributed by atoms with E-state index in [0.29, 0.717) is 0 Å². The van der Waals surface area contributed by atoms with E-state index >= 15 is 0 Å². The standard InChI is InChI=1S/C42H23NOS3/c1-5-13-34-26(9-1)32-23-33(40-31-12-4-8-16-37(31)47-42(40)41(32)44-34)43(24-17-19-29-27-10-2-6-14-35(27)45-38(29)21-24)25-18-20-30-28-11-3-7-15-36(28)46-39(30)22-25/h1-23H. The van der Waals surface area contributed by atoms with Gasteiger partial charge in [0.15, 0.2) is 5.58 Å². The van der Waals surface area contributed by atoms with Gasteiger partial charge in [-0.25, -0.2) is 0 Å². The SMILES string of the molecule is c1ccc2c(c1)oc1c2cc(N(c2ccc3c(c2)sc2ccccc23)c2ccc3c(c2)sc2ccccc23)c2c3ccccc3sc12. The average molecular weight is 654 g/mol. The third kappa shape index (κ3) is 3.70. The molecule has 4 aromatic heterocycles. The third-order valence-corrected chi connectivity index (χ3v) is 12.9. The molecule has 0 amide bonds. The van der Waals surface area contributed by atoms with Crippen molar-refractivity contribution in [1.82, 2.24) is 0 Å². The molecule has 2 nitrogen and oxygen atoms in total. The minimum absolute atomic E-state index is 0.920.